The van der Waals surface area contributed by atoms with Gasteiger partial charge in [-0.1, -0.05) is 6.07 Å². The van der Waals surface area contributed by atoms with Crippen molar-refractivity contribution in [1.29, 1.82) is 0 Å². The summed E-state index contributed by atoms with van der Waals surface area (Å²) in [6.07, 6.45) is 1.45. The molecule has 1 unspecified atom stereocenters. The number of piperidine rings is 1. The molecule has 6 nitrogen and oxygen atoms in total. The minimum atomic E-state index is -0.707. The third-order valence-corrected chi connectivity index (χ3v) is 4.24. The molecule has 0 spiro atoms. The van der Waals surface area contributed by atoms with Crippen molar-refractivity contribution >= 4 is 6.03 Å². The standard InChI is InChI=1S/C16H23FN2O4/c1-22-13-5-4-12(14(17)8-13)9-18-15(21)19-7-3-6-16(10-19,11-20)23-2/h4-5,8,20H,3,6-7,9-11H2,1-2H3,(H,18,21). The van der Waals surface area contributed by atoms with Crippen molar-refractivity contribution in [3.05, 3.63) is 29.6 Å². The second kappa shape index (κ2) is 7.61. The smallest absolute Gasteiger partial charge is 0.317 e. The van der Waals surface area contributed by atoms with Crippen molar-refractivity contribution in [3.8, 4) is 5.75 Å². The molecule has 1 aliphatic rings. The zero-order valence-corrected chi connectivity index (χ0v) is 13.5. The van der Waals surface area contributed by atoms with Crippen molar-refractivity contribution in [3.63, 3.8) is 0 Å². The molecule has 2 N–H and O–H groups in total. The molecule has 0 radical (unpaired) electrons. The summed E-state index contributed by atoms with van der Waals surface area (Å²) in [5.41, 5.74) is -0.322. The number of carbonyl (C=O) groups is 1. The number of methoxy groups -OCH3 is 2. The molecule has 23 heavy (non-hydrogen) atoms. The van der Waals surface area contributed by atoms with E-state index < -0.39 is 11.4 Å². The number of aliphatic hydroxyl groups excluding tert-OH is 1. The molecule has 7 heteroatoms. The molecule has 0 bridgehead atoms. The molecule has 1 aromatic carbocycles. The Morgan fingerprint density at radius 1 is 1.48 bits per heavy atom. The third-order valence-electron chi connectivity index (χ3n) is 4.24. The van der Waals surface area contributed by atoms with Crippen LogP contribution in [0.4, 0.5) is 9.18 Å². The Morgan fingerprint density at radius 3 is 2.87 bits per heavy atom. The summed E-state index contributed by atoms with van der Waals surface area (Å²) in [6, 6.07) is 4.21. The van der Waals surface area contributed by atoms with E-state index in [-0.39, 0.29) is 19.2 Å². The van der Waals surface area contributed by atoms with Gasteiger partial charge in [0.15, 0.2) is 0 Å². The summed E-state index contributed by atoms with van der Waals surface area (Å²) in [6.45, 7) is 0.851. The number of halogens is 1. The average Bonchev–Trinajstić information content (AvgIpc) is 2.60. The number of nitrogens with one attached hydrogen (secondary N) is 1. The van der Waals surface area contributed by atoms with Gasteiger partial charge in [0.05, 0.1) is 20.3 Å². The van der Waals surface area contributed by atoms with E-state index in [0.29, 0.717) is 30.8 Å². The summed E-state index contributed by atoms with van der Waals surface area (Å²) < 4.78 is 24.2. The van der Waals surface area contributed by atoms with Crippen molar-refractivity contribution < 1.29 is 23.8 Å². The van der Waals surface area contributed by atoms with Crippen LogP contribution >= 0.6 is 0 Å². The van der Waals surface area contributed by atoms with E-state index in [2.05, 4.69) is 5.32 Å². The largest absolute Gasteiger partial charge is 0.497 e. The highest BCUT2D eigenvalue weighted by Crippen LogP contribution is 2.24. The van der Waals surface area contributed by atoms with Crippen LogP contribution in [0.1, 0.15) is 18.4 Å². The Balaban J connectivity index is 1.94. The van der Waals surface area contributed by atoms with Gasteiger partial charge in [-0.3, -0.25) is 0 Å². The molecule has 0 aromatic heterocycles. The van der Waals surface area contributed by atoms with Gasteiger partial charge in [0.25, 0.3) is 0 Å². The number of aliphatic hydroxyl groups is 1. The number of nitrogens with zero attached hydrogens (tertiary/aromatic N) is 1. The maximum absolute atomic E-state index is 13.9. The van der Waals surface area contributed by atoms with Gasteiger partial charge in [0.2, 0.25) is 0 Å². The Hall–Kier alpha value is -1.86. The Morgan fingerprint density at radius 2 is 2.26 bits per heavy atom. The molecule has 0 saturated carbocycles. The van der Waals surface area contributed by atoms with Gasteiger partial charge in [-0.15, -0.1) is 0 Å². The van der Waals surface area contributed by atoms with Crippen LogP contribution in [0.3, 0.4) is 0 Å². The molecule has 1 aromatic rings. The molecule has 1 aliphatic heterocycles. The fraction of sp³-hybridized carbons (Fsp3) is 0.562. The summed E-state index contributed by atoms with van der Waals surface area (Å²) >= 11 is 0. The lowest BCUT2D eigenvalue weighted by Crippen LogP contribution is -2.55. The normalized spacial score (nSPS) is 21.1. The number of rotatable bonds is 5. The van der Waals surface area contributed by atoms with Gasteiger partial charge in [0.1, 0.15) is 17.2 Å². The van der Waals surface area contributed by atoms with E-state index in [1.165, 1.54) is 20.3 Å². The quantitative estimate of drug-likeness (QED) is 0.861. The maximum atomic E-state index is 13.9. The lowest BCUT2D eigenvalue weighted by molar-refractivity contribution is -0.0866. The maximum Gasteiger partial charge on any atom is 0.317 e. The van der Waals surface area contributed by atoms with E-state index in [0.717, 1.165) is 6.42 Å². The summed E-state index contributed by atoms with van der Waals surface area (Å²) in [7, 11) is 3.00. The van der Waals surface area contributed by atoms with Crippen LogP contribution in [0.15, 0.2) is 18.2 Å². The van der Waals surface area contributed by atoms with Gasteiger partial charge < -0.3 is 24.8 Å². The average molecular weight is 326 g/mol. The zero-order valence-electron chi connectivity index (χ0n) is 13.5. The van der Waals surface area contributed by atoms with E-state index in [9.17, 15) is 14.3 Å². The third kappa shape index (κ3) is 4.11. The van der Waals surface area contributed by atoms with Crippen LogP contribution in [-0.4, -0.2) is 55.6 Å². The molecule has 2 rings (SSSR count). The molecule has 1 fully saturated rings. The Bertz CT molecular complexity index is 549. The SMILES string of the molecule is COc1ccc(CNC(=O)N2CCCC(CO)(OC)C2)c(F)c1. The highest BCUT2D eigenvalue weighted by molar-refractivity contribution is 5.74. The lowest BCUT2D eigenvalue weighted by Gasteiger charge is -2.40. The number of benzene rings is 1. The fourth-order valence-corrected chi connectivity index (χ4v) is 2.71. The predicted octanol–water partition coefficient (Wildman–Crippen LogP) is 1.52. The number of hydrogen-bond donors (Lipinski definition) is 2. The second-order valence-electron chi connectivity index (χ2n) is 5.69. The monoisotopic (exact) mass is 326 g/mol. The molecule has 0 aliphatic carbocycles. The number of likely N-dealkylation sites (tertiary alicyclic amines) is 1. The first-order chi connectivity index (χ1) is 11.0. The molecule has 2 amide bonds. The molecule has 1 heterocycles. The molecular formula is C16H23FN2O4. The zero-order chi connectivity index (χ0) is 16.9. The topological polar surface area (TPSA) is 71.0 Å². The van der Waals surface area contributed by atoms with Gasteiger partial charge in [-0.05, 0) is 18.9 Å². The second-order valence-corrected chi connectivity index (χ2v) is 5.69. The lowest BCUT2D eigenvalue weighted by atomic mass is 9.93. The Labute approximate surface area is 135 Å². The van der Waals surface area contributed by atoms with Gasteiger partial charge in [-0.2, -0.15) is 0 Å². The van der Waals surface area contributed by atoms with Gasteiger partial charge in [0, 0.05) is 31.8 Å². The summed E-state index contributed by atoms with van der Waals surface area (Å²) in [5.74, 6) is 0.00585. The minimum Gasteiger partial charge on any atom is -0.497 e. The summed E-state index contributed by atoms with van der Waals surface area (Å²) in [5, 5.41) is 12.2. The van der Waals surface area contributed by atoms with Crippen LogP contribution in [0.2, 0.25) is 0 Å². The molecule has 128 valence electrons. The van der Waals surface area contributed by atoms with Crippen molar-refractivity contribution in [2.75, 3.05) is 33.9 Å². The van der Waals surface area contributed by atoms with Crippen LogP contribution in [0.25, 0.3) is 0 Å². The Kier molecular flexibility index (Phi) is 5.79. The van der Waals surface area contributed by atoms with Crippen LogP contribution in [0.5, 0.6) is 5.75 Å². The van der Waals surface area contributed by atoms with E-state index >= 15 is 0 Å². The number of hydrogen-bond acceptors (Lipinski definition) is 4. The van der Waals surface area contributed by atoms with Crippen molar-refractivity contribution in [2.45, 2.75) is 25.0 Å². The van der Waals surface area contributed by atoms with Crippen LogP contribution in [-0.2, 0) is 11.3 Å². The van der Waals surface area contributed by atoms with Crippen LogP contribution < -0.4 is 10.1 Å². The number of carbonyl (C=O) groups excluding carboxylic acids is 1. The van der Waals surface area contributed by atoms with E-state index in [1.807, 2.05) is 0 Å². The van der Waals surface area contributed by atoms with Crippen LogP contribution in [0, 0.1) is 5.82 Å². The molecule has 1 atom stereocenters. The van der Waals surface area contributed by atoms with Crippen molar-refractivity contribution in [2.24, 2.45) is 0 Å². The first-order valence-corrected chi connectivity index (χ1v) is 7.55. The highest BCUT2D eigenvalue weighted by atomic mass is 19.1. The highest BCUT2D eigenvalue weighted by Gasteiger charge is 2.36. The fourth-order valence-electron chi connectivity index (χ4n) is 2.71. The molecular weight excluding hydrogens is 303 g/mol. The predicted molar refractivity (Wildman–Crippen MR) is 82.8 cm³/mol. The first kappa shape index (κ1) is 17.5. The summed E-state index contributed by atoms with van der Waals surface area (Å²) in [4.78, 5) is 13.8. The molecule has 1 saturated heterocycles. The van der Waals surface area contributed by atoms with E-state index in [1.54, 1.807) is 17.0 Å². The number of ether oxygens (including phenoxy) is 2. The minimum absolute atomic E-state index is 0.0876. The number of urea groups is 1. The van der Waals surface area contributed by atoms with Gasteiger partial charge >= 0.3 is 6.03 Å². The van der Waals surface area contributed by atoms with E-state index in [4.69, 9.17) is 9.47 Å². The van der Waals surface area contributed by atoms with Gasteiger partial charge in [-0.25, -0.2) is 9.18 Å². The number of amides is 2. The van der Waals surface area contributed by atoms with Crippen molar-refractivity contribution in [1.82, 2.24) is 10.2 Å². The first-order valence-electron chi connectivity index (χ1n) is 7.55.